The van der Waals surface area contributed by atoms with Gasteiger partial charge in [-0.15, -0.1) is 11.8 Å². The molecule has 2 aromatic heterocycles. The number of nitrogens with one attached hydrogen (secondary N) is 1. The van der Waals surface area contributed by atoms with Crippen LogP contribution in [0.3, 0.4) is 0 Å². The van der Waals surface area contributed by atoms with Crippen molar-refractivity contribution >= 4 is 43.7 Å². The van der Waals surface area contributed by atoms with Crippen molar-refractivity contribution in [3.63, 3.8) is 0 Å². The standard InChI is InChI=1S/C25H25BrN6O4S2/c1-32(16-18-6-4-3-5-7-18)38(33,34)31-23-22(19-8-10-20(26)11-9-19)24(30-17-29-23)35-12-13-36-25-27-14-21(37-2)15-28-25/h3-11,14-15,17H,12-13,16H2,1-2H3,(H,29,30,31). The number of rotatable bonds is 12. The lowest BCUT2D eigenvalue weighted by molar-refractivity contribution is 0.201. The first-order chi connectivity index (χ1) is 18.4. The Morgan fingerprint density at radius 1 is 0.947 bits per heavy atom. The van der Waals surface area contributed by atoms with Crippen molar-refractivity contribution in [3.05, 3.63) is 83.4 Å². The minimum absolute atomic E-state index is 0.0918. The van der Waals surface area contributed by atoms with Crippen LogP contribution in [0.15, 0.2) is 82.7 Å². The summed E-state index contributed by atoms with van der Waals surface area (Å²) in [7, 11) is -2.45. The predicted octanol–water partition coefficient (Wildman–Crippen LogP) is 4.66. The summed E-state index contributed by atoms with van der Waals surface area (Å²) in [5, 5.41) is 0. The number of halogens is 1. The van der Waals surface area contributed by atoms with E-state index in [4.69, 9.17) is 9.47 Å². The molecule has 0 aliphatic rings. The summed E-state index contributed by atoms with van der Waals surface area (Å²) in [5.74, 6) is 0.294. The smallest absolute Gasteiger partial charge is 0.316 e. The summed E-state index contributed by atoms with van der Waals surface area (Å²) in [4.78, 5) is 17.7. The number of thioether (sulfide) groups is 1. The first kappa shape index (κ1) is 27.8. The first-order valence-corrected chi connectivity index (χ1v) is 14.8. The van der Waals surface area contributed by atoms with Gasteiger partial charge in [-0.05, 0) is 29.5 Å². The van der Waals surface area contributed by atoms with Gasteiger partial charge in [0.1, 0.15) is 19.5 Å². The van der Waals surface area contributed by atoms with Gasteiger partial charge < -0.3 is 9.47 Å². The van der Waals surface area contributed by atoms with Crippen LogP contribution >= 0.6 is 27.7 Å². The normalized spacial score (nSPS) is 11.4. The largest absolute Gasteiger partial charge is 0.473 e. The van der Waals surface area contributed by atoms with E-state index in [2.05, 4.69) is 40.6 Å². The molecule has 2 heterocycles. The minimum Gasteiger partial charge on any atom is -0.473 e. The van der Waals surface area contributed by atoms with Gasteiger partial charge in [0, 0.05) is 35.4 Å². The maximum atomic E-state index is 13.2. The molecule has 1 N–H and O–H groups in total. The molecule has 0 atom stereocenters. The highest BCUT2D eigenvalue weighted by Gasteiger charge is 2.23. The molecule has 4 rings (SSSR count). The van der Waals surface area contributed by atoms with Crippen molar-refractivity contribution in [2.75, 3.05) is 31.2 Å². The predicted molar refractivity (Wildman–Crippen MR) is 150 cm³/mol. The van der Waals surface area contributed by atoms with Gasteiger partial charge in [-0.2, -0.15) is 12.7 Å². The van der Waals surface area contributed by atoms with Crippen LogP contribution in [0.1, 0.15) is 5.56 Å². The van der Waals surface area contributed by atoms with Crippen LogP contribution in [0.4, 0.5) is 5.82 Å². The molecule has 0 unspecified atom stereocenters. The number of hydrogen-bond donors (Lipinski definition) is 1. The summed E-state index contributed by atoms with van der Waals surface area (Å²) < 4.78 is 42.5. The lowest BCUT2D eigenvalue weighted by Crippen LogP contribution is -2.32. The fourth-order valence-electron chi connectivity index (χ4n) is 3.31. The molecule has 38 heavy (non-hydrogen) atoms. The Kier molecular flexibility index (Phi) is 9.50. The zero-order valence-electron chi connectivity index (χ0n) is 20.6. The van der Waals surface area contributed by atoms with Crippen LogP contribution in [-0.4, -0.2) is 59.2 Å². The summed E-state index contributed by atoms with van der Waals surface area (Å²) >= 11 is 4.96. The Hall–Kier alpha value is -3.26. The third kappa shape index (κ3) is 7.40. The van der Waals surface area contributed by atoms with Crippen molar-refractivity contribution in [3.8, 4) is 23.0 Å². The zero-order chi connectivity index (χ0) is 27.0. The van der Waals surface area contributed by atoms with Crippen LogP contribution < -0.4 is 14.2 Å². The van der Waals surface area contributed by atoms with E-state index in [1.54, 1.807) is 12.4 Å². The molecule has 0 saturated heterocycles. The van der Waals surface area contributed by atoms with E-state index >= 15 is 0 Å². The molecule has 13 heteroatoms. The molecule has 10 nitrogen and oxygen atoms in total. The monoisotopic (exact) mass is 616 g/mol. The zero-order valence-corrected chi connectivity index (χ0v) is 23.8. The molecule has 4 aromatic rings. The quantitative estimate of drug-likeness (QED) is 0.179. The van der Waals surface area contributed by atoms with E-state index in [1.165, 1.54) is 29.4 Å². The van der Waals surface area contributed by atoms with Gasteiger partial charge in [-0.25, -0.2) is 19.9 Å². The fourth-order valence-corrected chi connectivity index (χ4v) is 4.77. The number of anilines is 1. The molecule has 0 bridgehead atoms. The molecule has 0 fully saturated rings. The summed E-state index contributed by atoms with van der Waals surface area (Å²) in [5.41, 5.74) is 1.92. The third-order valence-corrected chi connectivity index (χ3v) is 7.83. The van der Waals surface area contributed by atoms with Gasteiger partial charge >= 0.3 is 16.2 Å². The average molecular weight is 618 g/mol. The minimum atomic E-state index is -3.95. The number of ether oxygens (including phenoxy) is 2. The molecular weight excluding hydrogens is 592 g/mol. The van der Waals surface area contributed by atoms with Gasteiger partial charge in [-0.3, -0.25) is 4.72 Å². The summed E-state index contributed by atoms with van der Waals surface area (Å²) in [6.45, 7) is 0.465. The average Bonchev–Trinajstić information content (AvgIpc) is 2.92. The van der Waals surface area contributed by atoms with Crippen LogP contribution in [0, 0.1) is 0 Å². The van der Waals surface area contributed by atoms with E-state index in [0.717, 1.165) is 14.9 Å². The van der Waals surface area contributed by atoms with Crippen molar-refractivity contribution < 1.29 is 17.9 Å². The van der Waals surface area contributed by atoms with E-state index in [1.807, 2.05) is 60.9 Å². The molecule has 0 amide bonds. The van der Waals surface area contributed by atoms with Crippen LogP contribution in [0.25, 0.3) is 11.1 Å². The molecule has 0 saturated carbocycles. The molecular formula is C25H25BrN6O4S2. The van der Waals surface area contributed by atoms with E-state index in [0.29, 0.717) is 11.1 Å². The lowest BCUT2D eigenvalue weighted by atomic mass is 10.1. The number of benzene rings is 2. The maximum absolute atomic E-state index is 13.2. The van der Waals surface area contributed by atoms with E-state index < -0.39 is 10.2 Å². The molecule has 0 aliphatic carbocycles. The topological polar surface area (TPSA) is 119 Å². The first-order valence-electron chi connectivity index (χ1n) is 11.4. The van der Waals surface area contributed by atoms with Crippen molar-refractivity contribution in [2.24, 2.45) is 0 Å². The maximum Gasteiger partial charge on any atom is 0.316 e. The Morgan fingerprint density at radius 2 is 1.63 bits per heavy atom. The van der Waals surface area contributed by atoms with E-state index in [9.17, 15) is 8.42 Å². The molecule has 198 valence electrons. The van der Waals surface area contributed by atoms with Gasteiger partial charge in [0.05, 0.1) is 5.56 Å². The van der Waals surface area contributed by atoms with Crippen molar-refractivity contribution in [2.45, 2.75) is 11.4 Å². The van der Waals surface area contributed by atoms with Gasteiger partial charge in [0.2, 0.25) is 5.88 Å². The van der Waals surface area contributed by atoms with Crippen molar-refractivity contribution in [1.82, 2.24) is 24.2 Å². The van der Waals surface area contributed by atoms with Crippen LogP contribution in [0.5, 0.6) is 11.9 Å². The van der Waals surface area contributed by atoms with Gasteiger partial charge in [0.15, 0.2) is 5.82 Å². The molecule has 0 aliphatic heterocycles. The van der Waals surface area contributed by atoms with Crippen LogP contribution in [0.2, 0.25) is 0 Å². The highest BCUT2D eigenvalue weighted by Crippen LogP contribution is 2.35. The second-order valence-corrected chi connectivity index (χ2v) is 11.4. The SMILES string of the molecule is CSc1cnc(OCCOc2ncnc(NS(=O)(=O)N(C)Cc3ccccc3)c2-c2ccc(Br)cc2)nc1. The molecule has 0 radical (unpaired) electrons. The number of hydrogen-bond acceptors (Lipinski definition) is 9. The second kappa shape index (κ2) is 13.0. The number of nitrogens with zero attached hydrogens (tertiary/aromatic N) is 5. The lowest BCUT2D eigenvalue weighted by Gasteiger charge is -2.20. The highest BCUT2D eigenvalue weighted by molar-refractivity contribution is 9.10. The molecule has 2 aromatic carbocycles. The summed E-state index contributed by atoms with van der Waals surface area (Å²) in [6.07, 6.45) is 6.54. The Bertz CT molecular complexity index is 1440. The van der Waals surface area contributed by atoms with Gasteiger partial charge in [0.25, 0.3) is 0 Å². The summed E-state index contributed by atoms with van der Waals surface area (Å²) in [6, 6.07) is 16.9. The van der Waals surface area contributed by atoms with Crippen molar-refractivity contribution in [1.29, 1.82) is 0 Å². The molecule has 0 spiro atoms. The Labute approximate surface area is 234 Å². The van der Waals surface area contributed by atoms with Gasteiger partial charge in [-0.1, -0.05) is 58.4 Å². The third-order valence-electron chi connectivity index (χ3n) is 5.22. The van der Waals surface area contributed by atoms with E-state index in [-0.39, 0.29) is 37.5 Å². The Morgan fingerprint density at radius 3 is 2.32 bits per heavy atom. The number of aromatic nitrogens is 4. The second-order valence-electron chi connectivity index (χ2n) is 7.86. The Balaban J connectivity index is 1.53. The fraction of sp³-hybridized carbons (Fsp3) is 0.200. The highest BCUT2D eigenvalue weighted by atomic mass is 79.9. The van der Waals surface area contributed by atoms with Crippen LogP contribution in [-0.2, 0) is 16.8 Å².